The van der Waals surface area contributed by atoms with Gasteiger partial charge in [0.05, 0.1) is 33.6 Å². The number of rotatable bonds is 3. The van der Waals surface area contributed by atoms with E-state index in [0.717, 1.165) is 47.8 Å². The highest BCUT2D eigenvalue weighted by atomic mass is 32.2. The second-order valence-corrected chi connectivity index (χ2v) is 11.0. The van der Waals surface area contributed by atoms with E-state index in [-0.39, 0.29) is 23.5 Å². The van der Waals surface area contributed by atoms with Gasteiger partial charge in [-0.15, -0.1) is 11.3 Å². The normalized spacial score (nSPS) is 21.3. The van der Waals surface area contributed by atoms with Crippen molar-refractivity contribution in [2.75, 3.05) is 24.6 Å². The minimum Gasteiger partial charge on any atom is -0.337 e. The van der Waals surface area contributed by atoms with E-state index < -0.39 is 9.84 Å². The number of fused-ring (bicyclic) bond motifs is 1. The molecule has 29 heavy (non-hydrogen) atoms. The van der Waals surface area contributed by atoms with Crippen LogP contribution in [0.5, 0.6) is 0 Å². The summed E-state index contributed by atoms with van der Waals surface area (Å²) in [5.74, 6) is 0.946. The molecule has 0 N–H and O–H groups in total. The van der Waals surface area contributed by atoms with E-state index in [2.05, 4.69) is 4.98 Å². The van der Waals surface area contributed by atoms with Crippen molar-refractivity contribution in [3.8, 4) is 10.6 Å². The monoisotopic (exact) mass is 430 g/mol. The van der Waals surface area contributed by atoms with Crippen LogP contribution in [0.25, 0.3) is 21.6 Å². The summed E-state index contributed by atoms with van der Waals surface area (Å²) in [4.78, 5) is 25.5. The van der Waals surface area contributed by atoms with E-state index >= 15 is 0 Å². The van der Waals surface area contributed by atoms with E-state index in [1.165, 1.54) is 0 Å². The van der Waals surface area contributed by atoms with Crippen molar-refractivity contribution < 1.29 is 13.2 Å². The molecule has 2 aliphatic heterocycles. The molecule has 2 aliphatic rings. The molecule has 2 fully saturated rings. The predicted octanol–water partition coefficient (Wildman–Crippen LogP) is 3.06. The third-order valence-electron chi connectivity index (χ3n) is 5.80. The summed E-state index contributed by atoms with van der Waals surface area (Å²) in [6.45, 7) is 3.36. The molecule has 152 valence electrons. The number of carbonyl (C=O) groups is 1. The fourth-order valence-corrected chi connectivity index (χ4v) is 6.80. The topological polar surface area (TPSA) is 85.2 Å². The lowest BCUT2D eigenvalue weighted by molar-refractivity contribution is 0.0789. The average molecular weight is 431 g/mol. The summed E-state index contributed by atoms with van der Waals surface area (Å²) in [7, 11) is -3.04. The van der Waals surface area contributed by atoms with Crippen molar-refractivity contribution in [2.45, 2.75) is 32.2 Å². The summed E-state index contributed by atoms with van der Waals surface area (Å²) in [5, 5.41) is 1.98. The van der Waals surface area contributed by atoms with Gasteiger partial charge < -0.3 is 9.47 Å². The molecule has 1 unspecified atom stereocenters. The van der Waals surface area contributed by atoms with E-state index in [1.807, 2.05) is 40.0 Å². The summed E-state index contributed by atoms with van der Waals surface area (Å²) in [5.41, 5.74) is 2.47. The number of thiophene rings is 1. The highest BCUT2D eigenvalue weighted by molar-refractivity contribution is 7.91. The van der Waals surface area contributed by atoms with E-state index in [4.69, 9.17) is 4.98 Å². The van der Waals surface area contributed by atoms with Crippen LogP contribution in [-0.2, 0) is 9.84 Å². The third kappa shape index (κ3) is 3.26. The highest BCUT2D eigenvalue weighted by Crippen LogP contribution is 2.34. The number of pyridine rings is 1. The third-order valence-corrected chi connectivity index (χ3v) is 8.44. The van der Waals surface area contributed by atoms with Crippen LogP contribution < -0.4 is 0 Å². The van der Waals surface area contributed by atoms with Gasteiger partial charge in [-0.05, 0) is 43.7 Å². The van der Waals surface area contributed by atoms with Gasteiger partial charge in [0.1, 0.15) is 11.3 Å². The number of hydrogen-bond donors (Lipinski definition) is 0. The number of likely N-dealkylation sites (tertiary alicyclic amines) is 1. The lowest BCUT2D eigenvalue weighted by atomic mass is 10.2. The van der Waals surface area contributed by atoms with E-state index in [0.29, 0.717) is 17.6 Å². The maximum Gasteiger partial charge on any atom is 0.274 e. The van der Waals surface area contributed by atoms with Crippen LogP contribution in [0.4, 0.5) is 0 Å². The van der Waals surface area contributed by atoms with Gasteiger partial charge in [0.25, 0.3) is 5.91 Å². The zero-order chi connectivity index (χ0) is 20.2. The molecule has 0 aromatic carbocycles. The molecule has 5 heterocycles. The minimum absolute atomic E-state index is 0.0883. The number of aryl methyl sites for hydroxylation is 1. The molecule has 5 rings (SSSR count). The van der Waals surface area contributed by atoms with Gasteiger partial charge in [0.2, 0.25) is 0 Å². The number of amides is 1. The molecule has 0 saturated carbocycles. The van der Waals surface area contributed by atoms with Crippen LogP contribution in [0.2, 0.25) is 0 Å². The lowest BCUT2D eigenvalue weighted by Crippen LogP contribution is -2.28. The molecule has 1 atom stereocenters. The highest BCUT2D eigenvalue weighted by Gasteiger charge is 2.33. The first-order valence-corrected chi connectivity index (χ1v) is 12.6. The van der Waals surface area contributed by atoms with Crippen LogP contribution in [-0.4, -0.2) is 58.4 Å². The fraction of sp³-hybridized carbons (Fsp3) is 0.450. The summed E-state index contributed by atoms with van der Waals surface area (Å²) >= 11 is 1.57. The molecule has 0 spiro atoms. The van der Waals surface area contributed by atoms with Crippen LogP contribution >= 0.6 is 11.3 Å². The molecule has 0 bridgehead atoms. The maximum absolute atomic E-state index is 13.2. The predicted molar refractivity (Wildman–Crippen MR) is 113 cm³/mol. The summed E-state index contributed by atoms with van der Waals surface area (Å²) < 4.78 is 26.2. The molecular weight excluding hydrogens is 408 g/mol. The molecule has 2 saturated heterocycles. The number of aromatic nitrogens is 3. The molecular formula is C20H22N4O3S2. The van der Waals surface area contributed by atoms with Crippen molar-refractivity contribution in [3.63, 3.8) is 0 Å². The maximum atomic E-state index is 13.2. The Morgan fingerprint density at radius 2 is 2.03 bits per heavy atom. The lowest BCUT2D eigenvalue weighted by Gasteiger charge is -2.17. The van der Waals surface area contributed by atoms with Crippen molar-refractivity contribution in [3.05, 3.63) is 35.1 Å². The Morgan fingerprint density at radius 1 is 1.24 bits per heavy atom. The Bertz CT molecular complexity index is 1190. The van der Waals surface area contributed by atoms with Crippen molar-refractivity contribution in [2.24, 2.45) is 0 Å². The largest absolute Gasteiger partial charge is 0.337 e. The van der Waals surface area contributed by atoms with Crippen molar-refractivity contribution in [1.29, 1.82) is 0 Å². The Morgan fingerprint density at radius 3 is 2.69 bits per heavy atom. The molecule has 7 nitrogen and oxygen atoms in total. The van der Waals surface area contributed by atoms with E-state index in [1.54, 1.807) is 11.3 Å². The standard InChI is InChI=1S/C20H22N4O3S2/c1-13-21-18-16(24(13)14-6-10-29(26,27)12-14)11-15(17-5-4-9-28-17)22-19(18)20(25)23-7-2-3-8-23/h4-5,9,11,14H,2-3,6-8,10,12H2,1H3. The van der Waals surface area contributed by atoms with Gasteiger partial charge in [0, 0.05) is 13.1 Å². The van der Waals surface area contributed by atoms with Crippen LogP contribution in [0.15, 0.2) is 23.6 Å². The van der Waals surface area contributed by atoms with E-state index in [9.17, 15) is 13.2 Å². The first kappa shape index (κ1) is 18.7. The molecule has 0 aliphatic carbocycles. The first-order chi connectivity index (χ1) is 13.9. The number of nitrogens with zero attached hydrogens (tertiary/aromatic N) is 4. The summed E-state index contributed by atoms with van der Waals surface area (Å²) in [6.07, 6.45) is 2.58. The Hall–Kier alpha value is -2.26. The summed E-state index contributed by atoms with van der Waals surface area (Å²) in [6, 6.07) is 5.74. The molecule has 0 radical (unpaired) electrons. The molecule has 1 amide bonds. The number of carbonyl (C=O) groups excluding carboxylic acids is 1. The number of hydrogen-bond acceptors (Lipinski definition) is 6. The Labute approximate surface area is 173 Å². The average Bonchev–Trinajstić information content (AvgIpc) is 3.46. The van der Waals surface area contributed by atoms with Crippen LogP contribution in [0.3, 0.4) is 0 Å². The van der Waals surface area contributed by atoms with Gasteiger partial charge in [-0.1, -0.05) is 6.07 Å². The minimum atomic E-state index is -3.04. The smallest absolute Gasteiger partial charge is 0.274 e. The van der Waals surface area contributed by atoms with Crippen LogP contribution in [0.1, 0.15) is 41.6 Å². The second kappa shape index (κ2) is 6.91. The first-order valence-electron chi connectivity index (χ1n) is 9.86. The SMILES string of the molecule is Cc1nc2c(C(=O)N3CCCC3)nc(-c3cccs3)cc2n1C1CCS(=O)(=O)C1. The van der Waals surface area contributed by atoms with Gasteiger partial charge in [-0.3, -0.25) is 4.79 Å². The molecule has 3 aromatic heterocycles. The Kier molecular flexibility index (Phi) is 4.47. The van der Waals surface area contributed by atoms with Gasteiger partial charge >= 0.3 is 0 Å². The second-order valence-electron chi connectivity index (χ2n) is 7.79. The zero-order valence-electron chi connectivity index (χ0n) is 16.2. The molecule has 3 aromatic rings. The van der Waals surface area contributed by atoms with Gasteiger partial charge in [-0.2, -0.15) is 0 Å². The zero-order valence-corrected chi connectivity index (χ0v) is 17.8. The molecule has 9 heteroatoms. The van der Waals surface area contributed by atoms with Gasteiger partial charge in [-0.25, -0.2) is 18.4 Å². The number of sulfone groups is 1. The quantitative estimate of drug-likeness (QED) is 0.638. The van der Waals surface area contributed by atoms with Crippen LogP contribution in [0, 0.1) is 6.92 Å². The van der Waals surface area contributed by atoms with Gasteiger partial charge in [0.15, 0.2) is 15.5 Å². The van der Waals surface area contributed by atoms with Crippen molar-refractivity contribution >= 4 is 38.1 Å². The Balaban J connectivity index is 1.71. The number of imidazole rings is 1. The fourth-order valence-electron chi connectivity index (χ4n) is 4.42. The van der Waals surface area contributed by atoms with Crippen molar-refractivity contribution in [1.82, 2.24) is 19.4 Å².